The molecule has 0 amide bonds. The second kappa shape index (κ2) is 5.90. The molecule has 104 valence electrons. The first-order valence-corrected chi connectivity index (χ1v) is 6.99. The Hall–Kier alpha value is -2.45. The predicted molar refractivity (Wildman–Crippen MR) is 84.9 cm³/mol. The van der Waals surface area contributed by atoms with Crippen molar-refractivity contribution in [3.05, 3.63) is 89.7 Å². The number of hydrogen-bond acceptors (Lipinski definition) is 2. The lowest BCUT2D eigenvalue weighted by molar-refractivity contribution is 0.219. The number of rotatable bonds is 3. The molecule has 1 atom stereocenters. The highest BCUT2D eigenvalue weighted by atomic mass is 16.3. The molecule has 0 fully saturated rings. The van der Waals surface area contributed by atoms with Crippen molar-refractivity contribution in [3.8, 4) is 11.1 Å². The summed E-state index contributed by atoms with van der Waals surface area (Å²) in [7, 11) is 0. The average Bonchev–Trinajstić information content (AvgIpc) is 2.56. The van der Waals surface area contributed by atoms with Gasteiger partial charge in [0.05, 0.1) is 0 Å². The number of nitrogens with zero attached hydrogens (tertiary/aromatic N) is 1. The van der Waals surface area contributed by atoms with Crippen LogP contribution in [0.4, 0.5) is 0 Å². The van der Waals surface area contributed by atoms with Gasteiger partial charge in [0, 0.05) is 18.0 Å². The molecule has 21 heavy (non-hydrogen) atoms. The van der Waals surface area contributed by atoms with Gasteiger partial charge in [-0.25, -0.2) is 0 Å². The van der Waals surface area contributed by atoms with Crippen molar-refractivity contribution < 1.29 is 5.11 Å². The first-order valence-electron chi connectivity index (χ1n) is 6.99. The lowest BCUT2D eigenvalue weighted by Crippen LogP contribution is -2.02. The molecule has 0 aliphatic rings. The van der Waals surface area contributed by atoms with Crippen LogP contribution in [-0.4, -0.2) is 10.1 Å². The molecule has 2 nitrogen and oxygen atoms in total. The van der Waals surface area contributed by atoms with Crippen LogP contribution < -0.4 is 0 Å². The molecule has 3 rings (SSSR count). The van der Waals surface area contributed by atoms with Gasteiger partial charge in [0.2, 0.25) is 0 Å². The first-order chi connectivity index (χ1) is 10.3. The van der Waals surface area contributed by atoms with Crippen molar-refractivity contribution in [2.45, 2.75) is 13.0 Å². The lowest BCUT2D eigenvalue weighted by atomic mass is 9.97. The van der Waals surface area contributed by atoms with Crippen LogP contribution in [0.15, 0.2) is 73.1 Å². The fourth-order valence-electron chi connectivity index (χ4n) is 2.43. The van der Waals surface area contributed by atoms with Gasteiger partial charge in [-0.1, -0.05) is 54.6 Å². The minimum absolute atomic E-state index is 0.636. The fraction of sp³-hybridized carbons (Fsp3) is 0.105. The number of aromatic nitrogens is 1. The van der Waals surface area contributed by atoms with E-state index >= 15 is 0 Å². The van der Waals surface area contributed by atoms with E-state index in [1.807, 2.05) is 55.5 Å². The van der Waals surface area contributed by atoms with E-state index in [0.29, 0.717) is 0 Å². The average molecular weight is 275 g/mol. The summed E-state index contributed by atoms with van der Waals surface area (Å²) in [4.78, 5) is 4.10. The number of aryl methyl sites for hydroxylation is 1. The van der Waals surface area contributed by atoms with Crippen molar-refractivity contribution in [1.82, 2.24) is 4.98 Å². The normalized spacial score (nSPS) is 12.1. The van der Waals surface area contributed by atoms with Crippen molar-refractivity contribution in [1.29, 1.82) is 0 Å². The van der Waals surface area contributed by atoms with Gasteiger partial charge < -0.3 is 5.11 Å². The summed E-state index contributed by atoms with van der Waals surface area (Å²) < 4.78 is 0. The standard InChI is InChI=1S/C19H17NO/c1-14-11-12-20-13-18(14)19(21)17-9-7-16(8-10-17)15-5-3-2-4-6-15/h2-13,19,21H,1H3. The van der Waals surface area contributed by atoms with Crippen molar-refractivity contribution in [2.75, 3.05) is 0 Å². The third-order valence-electron chi connectivity index (χ3n) is 3.71. The third-order valence-corrected chi connectivity index (χ3v) is 3.71. The molecule has 1 aromatic heterocycles. The Morgan fingerprint density at radius 3 is 2.19 bits per heavy atom. The Balaban J connectivity index is 1.89. The topological polar surface area (TPSA) is 33.1 Å². The Labute approximate surface area is 124 Å². The van der Waals surface area contributed by atoms with Gasteiger partial charge in [-0.15, -0.1) is 0 Å². The maximum atomic E-state index is 10.5. The molecule has 1 N–H and O–H groups in total. The molecule has 2 heteroatoms. The largest absolute Gasteiger partial charge is 0.384 e. The van der Waals surface area contributed by atoms with E-state index in [1.165, 1.54) is 5.56 Å². The molecule has 0 aliphatic carbocycles. The summed E-state index contributed by atoms with van der Waals surface area (Å²) in [5.41, 5.74) is 5.10. The van der Waals surface area contributed by atoms with Gasteiger partial charge in [-0.05, 0) is 35.2 Å². The van der Waals surface area contributed by atoms with Crippen molar-refractivity contribution in [3.63, 3.8) is 0 Å². The van der Waals surface area contributed by atoms with E-state index in [1.54, 1.807) is 12.4 Å². The smallest absolute Gasteiger partial charge is 0.106 e. The first kappa shape index (κ1) is 13.5. The maximum Gasteiger partial charge on any atom is 0.106 e. The molecule has 0 saturated heterocycles. The number of pyridine rings is 1. The summed E-state index contributed by atoms with van der Waals surface area (Å²) in [5, 5.41) is 10.5. The molecule has 0 aliphatic heterocycles. The van der Waals surface area contributed by atoms with Crippen LogP contribution in [0.5, 0.6) is 0 Å². The molecule has 1 heterocycles. The number of hydrogen-bond donors (Lipinski definition) is 1. The zero-order valence-corrected chi connectivity index (χ0v) is 11.9. The van der Waals surface area contributed by atoms with Crippen LogP contribution in [-0.2, 0) is 0 Å². The minimum atomic E-state index is -0.636. The maximum absolute atomic E-state index is 10.5. The Morgan fingerprint density at radius 2 is 1.52 bits per heavy atom. The Morgan fingerprint density at radius 1 is 0.857 bits per heavy atom. The predicted octanol–water partition coefficient (Wildman–Crippen LogP) is 4.14. The Bertz CT molecular complexity index is 720. The highest BCUT2D eigenvalue weighted by Gasteiger charge is 2.12. The molecular formula is C19H17NO. The molecule has 0 spiro atoms. The van der Waals surface area contributed by atoms with E-state index in [0.717, 1.165) is 22.3 Å². The SMILES string of the molecule is Cc1ccncc1C(O)c1ccc(-c2ccccc2)cc1. The molecule has 0 radical (unpaired) electrons. The summed E-state index contributed by atoms with van der Waals surface area (Å²) >= 11 is 0. The third kappa shape index (κ3) is 2.86. The van der Waals surface area contributed by atoms with Crippen molar-refractivity contribution in [2.24, 2.45) is 0 Å². The molecule has 0 bridgehead atoms. The van der Waals surface area contributed by atoms with E-state index in [4.69, 9.17) is 0 Å². The minimum Gasteiger partial charge on any atom is -0.384 e. The fourth-order valence-corrected chi connectivity index (χ4v) is 2.43. The van der Waals surface area contributed by atoms with Gasteiger partial charge in [0.15, 0.2) is 0 Å². The van der Waals surface area contributed by atoms with Gasteiger partial charge >= 0.3 is 0 Å². The number of aliphatic hydroxyl groups excluding tert-OH is 1. The van der Waals surface area contributed by atoms with E-state index in [9.17, 15) is 5.11 Å². The summed E-state index contributed by atoms with van der Waals surface area (Å²) in [6.07, 6.45) is 2.83. The van der Waals surface area contributed by atoms with Crippen LogP contribution in [0, 0.1) is 6.92 Å². The van der Waals surface area contributed by atoms with Gasteiger partial charge in [-0.2, -0.15) is 0 Å². The van der Waals surface area contributed by atoms with Crippen LogP contribution in [0.25, 0.3) is 11.1 Å². The van der Waals surface area contributed by atoms with Crippen LogP contribution in [0.1, 0.15) is 22.8 Å². The summed E-state index contributed by atoms with van der Waals surface area (Å²) in [5.74, 6) is 0. The number of benzene rings is 2. The monoisotopic (exact) mass is 275 g/mol. The zero-order valence-electron chi connectivity index (χ0n) is 11.9. The van der Waals surface area contributed by atoms with Crippen LogP contribution in [0.3, 0.4) is 0 Å². The van der Waals surface area contributed by atoms with E-state index in [-0.39, 0.29) is 0 Å². The van der Waals surface area contributed by atoms with Gasteiger partial charge in [0.25, 0.3) is 0 Å². The van der Waals surface area contributed by atoms with Crippen LogP contribution >= 0.6 is 0 Å². The zero-order chi connectivity index (χ0) is 14.7. The molecular weight excluding hydrogens is 258 g/mol. The molecule has 1 unspecified atom stereocenters. The van der Waals surface area contributed by atoms with Crippen LogP contribution in [0.2, 0.25) is 0 Å². The molecule has 2 aromatic carbocycles. The highest BCUT2D eigenvalue weighted by Crippen LogP contribution is 2.26. The second-order valence-corrected chi connectivity index (χ2v) is 5.12. The molecule has 0 saturated carbocycles. The molecule has 3 aromatic rings. The van der Waals surface area contributed by atoms with Gasteiger partial charge in [-0.3, -0.25) is 4.98 Å². The lowest BCUT2D eigenvalue weighted by Gasteiger charge is -2.14. The number of aliphatic hydroxyl groups is 1. The van der Waals surface area contributed by atoms with Crippen molar-refractivity contribution >= 4 is 0 Å². The van der Waals surface area contributed by atoms with Gasteiger partial charge in [0.1, 0.15) is 6.10 Å². The second-order valence-electron chi connectivity index (χ2n) is 5.12. The quantitative estimate of drug-likeness (QED) is 0.779. The summed E-state index contributed by atoms with van der Waals surface area (Å²) in [6.45, 7) is 1.98. The highest BCUT2D eigenvalue weighted by molar-refractivity contribution is 5.63. The van der Waals surface area contributed by atoms with E-state index < -0.39 is 6.10 Å². The van der Waals surface area contributed by atoms with E-state index in [2.05, 4.69) is 17.1 Å². The Kier molecular flexibility index (Phi) is 3.80. The summed E-state index contributed by atoms with van der Waals surface area (Å²) in [6, 6.07) is 20.2.